The molecule has 1 aliphatic rings. The van der Waals surface area contributed by atoms with Crippen LogP contribution in [0, 0.1) is 5.92 Å². The van der Waals surface area contributed by atoms with Gasteiger partial charge in [0.15, 0.2) is 0 Å². The quantitative estimate of drug-likeness (QED) is 0.823. The van der Waals surface area contributed by atoms with Gasteiger partial charge in [0.1, 0.15) is 0 Å². The lowest BCUT2D eigenvalue weighted by molar-refractivity contribution is 0.207. The number of hydrogen-bond donors (Lipinski definition) is 2. The van der Waals surface area contributed by atoms with Gasteiger partial charge >= 0.3 is 0 Å². The van der Waals surface area contributed by atoms with E-state index in [2.05, 4.69) is 29.3 Å². The monoisotopic (exact) mass is 262 g/mol. The van der Waals surface area contributed by atoms with E-state index in [4.69, 9.17) is 5.11 Å². The molecule has 106 valence electrons. The Bertz CT molecular complexity index is 358. The first-order valence-electron chi connectivity index (χ1n) is 7.43. The number of nitrogens with one attached hydrogen (secondary N) is 1. The third-order valence-electron chi connectivity index (χ3n) is 4.03. The molecule has 0 amide bonds. The molecule has 1 aromatic rings. The Labute approximate surface area is 116 Å². The second kappa shape index (κ2) is 7.63. The molecule has 2 N–H and O–H groups in total. The Kier molecular flexibility index (Phi) is 5.83. The lowest BCUT2D eigenvalue weighted by atomic mass is 9.97. The molecule has 0 radical (unpaired) electrons. The van der Waals surface area contributed by atoms with E-state index in [1.165, 1.54) is 38.0 Å². The number of rotatable bonds is 6. The number of nitrogens with zero attached hydrogens (tertiary/aromatic N) is 1. The van der Waals surface area contributed by atoms with Crippen molar-refractivity contribution in [1.82, 2.24) is 10.2 Å². The van der Waals surface area contributed by atoms with Crippen LogP contribution in [-0.2, 0) is 13.2 Å². The average molecular weight is 262 g/mol. The summed E-state index contributed by atoms with van der Waals surface area (Å²) in [6.07, 6.45) is 2.61. The largest absolute Gasteiger partial charge is 0.392 e. The van der Waals surface area contributed by atoms with E-state index in [-0.39, 0.29) is 6.61 Å². The Morgan fingerprint density at radius 1 is 1.16 bits per heavy atom. The molecule has 0 saturated carbocycles. The lowest BCUT2D eigenvalue weighted by Gasteiger charge is -2.29. The van der Waals surface area contributed by atoms with Crippen LogP contribution in [0.25, 0.3) is 0 Å². The average Bonchev–Trinajstić information content (AvgIpc) is 2.48. The zero-order valence-electron chi connectivity index (χ0n) is 11.9. The first-order valence-corrected chi connectivity index (χ1v) is 7.43. The third kappa shape index (κ3) is 4.60. The fourth-order valence-corrected chi connectivity index (χ4v) is 2.74. The van der Waals surface area contributed by atoms with Gasteiger partial charge in [0, 0.05) is 13.1 Å². The lowest BCUT2D eigenvalue weighted by Crippen LogP contribution is -2.35. The van der Waals surface area contributed by atoms with Crippen LogP contribution in [0.4, 0.5) is 0 Å². The van der Waals surface area contributed by atoms with Crippen molar-refractivity contribution in [2.75, 3.05) is 26.2 Å². The smallest absolute Gasteiger partial charge is 0.0681 e. The molecule has 0 aromatic heterocycles. The van der Waals surface area contributed by atoms with Crippen LogP contribution < -0.4 is 5.32 Å². The van der Waals surface area contributed by atoms with Crippen molar-refractivity contribution in [3.63, 3.8) is 0 Å². The van der Waals surface area contributed by atoms with Gasteiger partial charge in [-0.2, -0.15) is 0 Å². The fourth-order valence-electron chi connectivity index (χ4n) is 2.74. The Morgan fingerprint density at radius 2 is 1.79 bits per heavy atom. The maximum absolute atomic E-state index is 9.06. The number of hydrogen-bond acceptors (Lipinski definition) is 3. The summed E-state index contributed by atoms with van der Waals surface area (Å²) < 4.78 is 0. The normalized spacial score (nSPS) is 17.0. The molecule has 3 nitrogen and oxygen atoms in total. The van der Waals surface area contributed by atoms with Crippen molar-refractivity contribution in [2.24, 2.45) is 5.92 Å². The molecule has 0 unspecified atom stereocenters. The predicted molar refractivity (Wildman–Crippen MR) is 78.9 cm³/mol. The molecule has 0 spiro atoms. The molecule has 1 aromatic carbocycles. The first-order chi connectivity index (χ1) is 9.31. The van der Waals surface area contributed by atoms with Crippen LogP contribution in [0.2, 0.25) is 0 Å². The molecule has 0 aliphatic carbocycles. The van der Waals surface area contributed by atoms with Gasteiger partial charge in [-0.25, -0.2) is 0 Å². The number of benzene rings is 1. The highest BCUT2D eigenvalue weighted by Crippen LogP contribution is 2.15. The Morgan fingerprint density at radius 3 is 2.37 bits per heavy atom. The van der Waals surface area contributed by atoms with Crippen LogP contribution in [0.3, 0.4) is 0 Å². The van der Waals surface area contributed by atoms with E-state index in [9.17, 15) is 0 Å². The van der Waals surface area contributed by atoms with Crippen LogP contribution >= 0.6 is 0 Å². The van der Waals surface area contributed by atoms with Gasteiger partial charge in [-0.15, -0.1) is 0 Å². The van der Waals surface area contributed by atoms with Crippen molar-refractivity contribution >= 4 is 0 Å². The second-order valence-electron chi connectivity index (χ2n) is 5.50. The number of aliphatic hydroxyl groups excluding tert-OH is 1. The SMILES string of the molecule is CCN(Cc1ccc(CO)cc1)CC1CCNCC1. The summed E-state index contributed by atoms with van der Waals surface area (Å²) in [7, 11) is 0. The number of piperidine rings is 1. The van der Waals surface area contributed by atoms with E-state index in [0.29, 0.717) is 0 Å². The summed E-state index contributed by atoms with van der Waals surface area (Å²) in [4.78, 5) is 2.53. The predicted octanol–water partition coefficient (Wildman–Crippen LogP) is 2.00. The van der Waals surface area contributed by atoms with Crippen molar-refractivity contribution in [3.8, 4) is 0 Å². The molecule has 1 aliphatic heterocycles. The maximum atomic E-state index is 9.06. The molecule has 3 heteroatoms. The molecule has 0 atom stereocenters. The van der Waals surface area contributed by atoms with Gasteiger partial charge in [-0.1, -0.05) is 31.2 Å². The number of aliphatic hydroxyl groups is 1. The molecular weight excluding hydrogens is 236 g/mol. The van der Waals surface area contributed by atoms with Crippen LogP contribution in [-0.4, -0.2) is 36.2 Å². The first kappa shape index (κ1) is 14.5. The van der Waals surface area contributed by atoms with Crippen LogP contribution in [0.1, 0.15) is 30.9 Å². The van der Waals surface area contributed by atoms with Gasteiger partial charge in [-0.05, 0) is 49.5 Å². The minimum Gasteiger partial charge on any atom is -0.392 e. The topological polar surface area (TPSA) is 35.5 Å². The molecule has 19 heavy (non-hydrogen) atoms. The molecular formula is C16H26N2O. The van der Waals surface area contributed by atoms with E-state index in [0.717, 1.165) is 24.6 Å². The maximum Gasteiger partial charge on any atom is 0.0681 e. The van der Waals surface area contributed by atoms with Gasteiger partial charge in [0.05, 0.1) is 6.61 Å². The van der Waals surface area contributed by atoms with Gasteiger partial charge in [0.25, 0.3) is 0 Å². The molecule has 2 rings (SSSR count). The van der Waals surface area contributed by atoms with E-state index in [1.54, 1.807) is 0 Å². The van der Waals surface area contributed by atoms with E-state index >= 15 is 0 Å². The van der Waals surface area contributed by atoms with E-state index < -0.39 is 0 Å². The molecule has 1 saturated heterocycles. The minimum atomic E-state index is 0.132. The summed E-state index contributed by atoms with van der Waals surface area (Å²) >= 11 is 0. The Hall–Kier alpha value is -0.900. The summed E-state index contributed by atoms with van der Waals surface area (Å²) in [5, 5.41) is 12.5. The zero-order valence-corrected chi connectivity index (χ0v) is 11.9. The van der Waals surface area contributed by atoms with Crippen molar-refractivity contribution < 1.29 is 5.11 Å². The van der Waals surface area contributed by atoms with Gasteiger partial charge in [0.2, 0.25) is 0 Å². The summed E-state index contributed by atoms with van der Waals surface area (Å²) in [6.45, 7) is 8.05. The Balaban J connectivity index is 1.86. The highest BCUT2D eigenvalue weighted by molar-refractivity contribution is 5.21. The summed E-state index contributed by atoms with van der Waals surface area (Å²) in [5.41, 5.74) is 2.33. The zero-order chi connectivity index (χ0) is 13.5. The van der Waals surface area contributed by atoms with Crippen molar-refractivity contribution in [1.29, 1.82) is 0 Å². The molecule has 1 heterocycles. The molecule has 0 bridgehead atoms. The van der Waals surface area contributed by atoms with E-state index in [1.807, 2.05) is 12.1 Å². The van der Waals surface area contributed by atoms with Crippen molar-refractivity contribution in [2.45, 2.75) is 32.9 Å². The van der Waals surface area contributed by atoms with Crippen LogP contribution in [0.5, 0.6) is 0 Å². The highest BCUT2D eigenvalue weighted by Gasteiger charge is 2.16. The van der Waals surface area contributed by atoms with Gasteiger partial charge < -0.3 is 10.4 Å². The third-order valence-corrected chi connectivity index (χ3v) is 4.03. The summed E-state index contributed by atoms with van der Waals surface area (Å²) in [5.74, 6) is 0.845. The van der Waals surface area contributed by atoms with Gasteiger partial charge in [-0.3, -0.25) is 4.90 Å². The van der Waals surface area contributed by atoms with Crippen molar-refractivity contribution in [3.05, 3.63) is 35.4 Å². The summed E-state index contributed by atoms with van der Waals surface area (Å²) in [6, 6.07) is 8.31. The molecule has 1 fully saturated rings. The highest BCUT2D eigenvalue weighted by atomic mass is 16.3. The second-order valence-corrected chi connectivity index (χ2v) is 5.50. The standard InChI is InChI=1S/C16H26N2O/c1-2-18(12-15-7-9-17-10-8-15)11-14-3-5-16(13-19)6-4-14/h3-6,15,17,19H,2,7-13H2,1H3. The minimum absolute atomic E-state index is 0.132. The fraction of sp³-hybridized carbons (Fsp3) is 0.625. The van der Waals surface area contributed by atoms with Crippen LogP contribution in [0.15, 0.2) is 24.3 Å².